The zero-order chi connectivity index (χ0) is 14.1. The molecule has 18 heavy (non-hydrogen) atoms. The maximum atomic E-state index is 12.5. The van der Waals surface area contributed by atoms with E-state index in [9.17, 15) is 26.3 Å². The first-order chi connectivity index (χ1) is 8.04. The fourth-order valence-electron chi connectivity index (χ4n) is 1.10. The van der Waals surface area contributed by atoms with Crippen LogP contribution < -0.4 is 4.74 Å². The van der Waals surface area contributed by atoms with E-state index in [2.05, 4.69) is 25.7 Å². The summed E-state index contributed by atoms with van der Waals surface area (Å²) in [7, 11) is 0. The average molecular weight is 340 g/mol. The zero-order valence-corrected chi connectivity index (χ0v) is 9.82. The van der Waals surface area contributed by atoms with Crippen molar-refractivity contribution >= 4 is 15.9 Å². The Hall–Kier alpha value is -1.03. The van der Waals surface area contributed by atoms with Crippen LogP contribution in [-0.2, 0) is 12.8 Å². The molecule has 1 heterocycles. The molecule has 0 bridgehead atoms. The first-order valence-electron chi connectivity index (χ1n) is 4.18. The maximum Gasteiger partial charge on any atom is 0.573 e. The van der Waals surface area contributed by atoms with Gasteiger partial charge < -0.3 is 9.84 Å². The molecule has 0 atom stereocenters. The molecule has 102 valence electrons. The number of pyridine rings is 1. The van der Waals surface area contributed by atoms with Crippen LogP contribution in [0.3, 0.4) is 0 Å². The maximum absolute atomic E-state index is 12.5. The van der Waals surface area contributed by atoms with Crippen LogP contribution in [0.15, 0.2) is 10.7 Å². The Morgan fingerprint density at radius 1 is 1.22 bits per heavy atom. The number of hydrogen-bond donors (Lipinski definition) is 1. The molecule has 0 radical (unpaired) electrons. The van der Waals surface area contributed by atoms with Gasteiger partial charge in [-0.3, -0.25) is 0 Å². The number of hydrogen-bond acceptors (Lipinski definition) is 3. The molecular formula is C8H4BrF6NO2. The Kier molecular flexibility index (Phi) is 4.11. The molecule has 1 aromatic rings. The third-order valence-corrected chi connectivity index (χ3v) is 2.09. The molecule has 0 saturated carbocycles. The Balaban J connectivity index is 3.43. The van der Waals surface area contributed by atoms with Crippen molar-refractivity contribution in [3.05, 3.63) is 21.9 Å². The summed E-state index contributed by atoms with van der Waals surface area (Å²) in [6, 6.07) is 0.334. The highest BCUT2D eigenvalue weighted by molar-refractivity contribution is 9.10. The highest BCUT2D eigenvalue weighted by Gasteiger charge is 2.41. The average Bonchev–Trinajstić information content (AvgIpc) is 2.16. The Bertz CT molecular complexity index is 444. The lowest BCUT2D eigenvalue weighted by Crippen LogP contribution is -2.22. The second-order valence-corrected chi connectivity index (χ2v) is 3.78. The first kappa shape index (κ1) is 15.0. The van der Waals surface area contributed by atoms with E-state index < -0.39 is 36.2 Å². The Labute approximate surface area is 105 Å². The SMILES string of the molecule is OCc1nc(Br)cc(C(F)(F)F)c1OC(F)(F)F. The normalized spacial score (nSPS) is 12.7. The van der Waals surface area contributed by atoms with Crippen molar-refractivity contribution in [2.45, 2.75) is 19.1 Å². The van der Waals surface area contributed by atoms with E-state index in [4.69, 9.17) is 5.11 Å². The number of alkyl halides is 6. The molecule has 0 aromatic carbocycles. The van der Waals surface area contributed by atoms with E-state index >= 15 is 0 Å². The molecule has 1 N–H and O–H groups in total. The van der Waals surface area contributed by atoms with Crippen LogP contribution in [0.1, 0.15) is 11.3 Å². The summed E-state index contributed by atoms with van der Waals surface area (Å²) in [4.78, 5) is 3.29. The van der Waals surface area contributed by atoms with Crippen LogP contribution in [0, 0.1) is 0 Å². The van der Waals surface area contributed by atoms with E-state index in [0.29, 0.717) is 6.07 Å². The summed E-state index contributed by atoms with van der Waals surface area (Å²) in [5.41, 5.74) is -2.54. The number of aliphatic hydroxyl groups excluding tert-OH is 1. The molecule has 0 saturated heterocycles. The molecule has 10 heteroatoms. The van der Waals surface area contributed by atoms with Crippen LogP contribution >= 0.6 is 15.9 Å². The number of nitrogens with zero attached hydrogens (tertiary/aromatic N) is 1. The molecule has 0 spiro atoms. The van der Waals surface area contributed by atoms with Gasteiger partial charge in [0.1, 0.15) is 15.9 Å². The van der Waals surface area contributed by atoms with E-state index in [1.807, 2.05) is 0 Å². The van der Waals surface area contributed by atoms with Crippen LogP contribution in [0.5, 0.6) is 5.75 Å². The monoisotopic (exact) mass is 339 g/mol. The lowest BCUT2D eigenvalue weighted by atomic mass is 10.2. The lowest BCUT2D eigenvalue weighted by Gasteiger charge is -2.17. The minimum Gasteiger partial charge on any atom is -0.403 e. The van der Waals surface area contributed by atoms with Crippen LogP contribution in [-0.4, -0.2) is 16.5 Å². The van der Waals surface area contributed by atoms with Gasteiger partial charge in [-0.25, -0.2) is 4.98 Å². The van der Waals surface area contributed by atoms with Crippen LogP contribution in [0.2, 0.25) is 0 Å². The molecule has 0 unspecified atom stereocenters. The zero-order valence-electron chi connectivity index (χ0n) is 8.23. The Morgan fingerprint density at radius 3 is 2.17 bits per heavy atom. The van der Waals surface area contributed by atoms with E-state index in [-0.39, 0.29) is 4.60 Å². The van der Waals surface area contributed by atoms with Crippen LogP contribution in [0.25, 0.3) is 0 Å². The van der Waals surface area contributed by atoms with Gasteiger partial charge in [-0.2, -0.15) is 13.2 Å². The van der Waals surface area contributed by atoms with Crippen molar-refractivity contribution in [2.75, 3.05) is 0 Å². The van der Waals surface area contributed by atoms with Crippen molar-refractivity contribution in [3.8, 4) is 5.75 Å². The summed E-state index contributed by atoms with van der Waals surface area (Å²) >= 11 is 2.60. The number of halogens is 7. The summed E-state index contributed by atoms with van der Waals surface area (Å²) < 4.78 is 76.6. The van der Waals surface area contributed by atoms with Gasteiger partial charge in [-0.1, -0.05) is 0 Å². The van der Waals surface area contributed by atoms with Crippen molar-refractivity contribution in [3.63, 3.8) is 0 Å². The number of aromatic nitrogens is 1. The van der Waals surface area contributed by atoms with Gasteiger partial charge in [0.15, 0.2) is 5.75 Å². The molecule has 0 aliphatic heterocycles. The van der Waals surface area contributed by atoms with E-state index in [0.717, 1.165) is 0 Å². The summed E-state index contributed by atoms with van der Waals surface area (Å²) in [5, 5.41) is 8.73. The van der Waals surface area contributed by atoms with Crippen molar-refractivity contribution < 1.29 is 36.2 Å². The van der Waals surface area contributed by atoms with Crippen LogP contribution in [0.4, 0.5) is 26.3 Å². The van der Waals surface area contributed by atoms with Gasteiger partial charge in [0.05, 0.1) is 6.61 Å². The first-order valence-corrected chi connectivity index (χ1v) is 4.97. The summed E-state index contributed by atoms with van der Waals surface area (Å²) in [6.07, 6.45) is -10.4. The van der Waals surface area contributed by atoms with Crippen molar-refractivity contribution in [1.82, 2.24) is 4.98 Å². The predicted octanol–water partition coefficient (Wildman–Crippen LogP) is 3.25. The minimum absolute atomic E-state index is 0.334. The number of ether oxygens (including phenoxy) is 1. The largest absolute Gasteiger partial charge is 0.573 e. The molecule has 1 aromatic heterocycles. The summed E-state index contributed by atoms with van der Waals surface area (Å²) in [6.45, 7) is -1.13. The fraction of sp³-hybridized carbons (Fsp3) is 0.375. The van der Waals surface area contributed by atoms with Crippen molar-refractivity contribution in [2.24, 2.45) is 0 Å². The predicted molar refractivity (Wildman–Crippen MR) is 49.5 cm³/mol. The lowest BCUT2D eigenvalue weighted by molar-refractivity contribution is -0.276. The number of aliphatic hydroxyl groups is 1. The third kappa shape index (κ3) is 3.73. The van der Waals surface area contributed by atoms with Crippen molar-refractivity contribution in [1.29, 1.82) is 0 Å². The molecule has 0 aliphatic rings. The molecule has 3 nitrogen and oxygen atoms in total. The molecule has 1 rings (SSSR count). The molecular weight excluding hydrogens is 336 g/mol. The smallest absolute Gasteiger partial charge is 0.403 e. The highest BCUT2D eigenvalue weighted by Crippen LogP contribution is 2.41. The molecule has 0 aliphatic carbocycles. The van der Waals surface area contributed by atoms with E-state index in [1.54, 1.807) is 0 Å². The second-order valence-electron chi connectivity index (χ2n) is 2.97. The van der Waals surface area contributed by atoms with Gasteiger partial charge in [0.2, 0.25) is 0 Å². The van der Waals surface area contributed by atoms with Gasteiger partial charge in [-0.15, -0.1) is 13.2 Å². The molecule has 0 amide bonds. The number of rotatable bonds is 2. The Morgan fingerprint density at radius 2 is 1.78 bits per heavy atom. The summed E-state index contributed by atoms with van der Waals surface area (Å²) in [5.74, 6) is -1.55. The van der Waals surface area contributed by atoms with E-state index in [1.165, 1.54) is 0 Å². The van der Waals surface area contributed by atoms with Gasteiger partial charge in [-0.05, 0) is 22.0 Å². The molecule has 0 fully saturated rings. The van der Waals surface area contributed by atoms with Gasteiger partial charge >= 0.3 is 12.5 Å². The standard InChI is InChI=1S/C8H4BrF6NO2/c9-5-1-3(7(10,11)12)6(4(2-17)16-5)18-8(13,14)15/h1,17H,2H2. The highest BCUT2D eigenvalue weighted by atomic mass is 79.9. The topological polar surface area (TPSA) is 42.4 Å². The minimum atomic E-state index is -5.32. The second kappa shape index (κ2) is 4.92. The van der Waals surface area contributed by atoms with Gasteiger partial charge in [0.25, 0.3) is 0 Å². The third-order valence-electron chi connectivity index (χ3n) is 1.68. The fourth-order valence-corrected chi connectivity index (χ4v) is 1.54. The quantitative estimate of drug-likeness (QED) is 0.664. The van der Waals surface area contributed by atoms with Gasteiger partial charge in [0, 0.05) is 0 Å².